The molecule has 0 saturated carbocycles. The first-order valence-electron chi connectivity index (χ1n) is 7.13. The molecule has 0 saturated heterocycles. The Kier molecular flexibility index (Phi) is 6.21. The van der Waals surface area contributed by atoms with Crippen molar-refractivity contribution in [2.45, 2.75) is 47.6 Å². The Morgan fingerprint density at radius 1 is 0.394 bits per heavy atom. The van der Waals surface area contributed by atoms with Gasteiger partial charge in [0.25, 0.3) is 0 Å². The van der Waals surface area contributed by atoms with Crippen molar-refractivity contribution in [2.75, 3.05) is 11.5 Å². The fraction of sp³-hybridized carbons (Fsp3) is 0.727. The highest BCUT2D eigenvalue weighted by Crippen LogP contribution is 2.64. The Morgan fingerprint density at radius 2 is 0.667 bits per heavy atom. The number of alkyl halides is 17. The van der Waals surface area contributed by atoms with E-state index in [0.29, 0.717) is 0 Å². The monoisotopic (exact) mass is 529 g/mol. The second kappa shape index (κ2) is 7.21. The maximum atomic E-state index is 13.8. The standard InChI is InChI=1S/C11H4F17N5/c12-4(13,1-31-2(29)33-3(30)32-1)5(14,15)6(16,17)7(18,19)8(20,21)9(22,23)10(24,25)11(26,27)28/h(H4,29,30,31,32,33). The summed E-state index contributed by atoms with van der Waals surface area (Å²) in [5.74, 6) is -63.8. The summed E-state index contributed by atoms with van der Waals surface area (Å²) in [7, 11) is 0. The maximum Gasteiger partial charge on any atom is 0.460 e. The molecule has 0 aliphatic heterocycles. The highest BCUT2D eigenvalue weighted by molar-refractivity contribution is 5.29. The lowest BCUT2D eigenvalue weighted by molar-refractivity contribution is -0.463. The quantitative estimate of drug-likeness (QED) is 0.508. The number of nitrogens with zero attached hydrogens (tertiary/aromatic N) is 3. The van der Waals surface area contributed by atoms with Crippen LogP contribution in [0.2, 0.25) is 0 Å². The van der Waals surface area contributed by atoms with E-state index in [4.69, 9.17) is 0 Å². The van der Waals surface area contributed by atoms with Crippen LogP contribution in [0.3, 0.4) is 0 Å². The molecule has 0 spiro atoms. The summed E-state index contributed by atoms with van der Waals surface area (Å²) in [5.41, 5.74) is 9.29. The van der Waals surface area contributed by atoms with E-state index in [1.165, 1.54) is 0 Å². The van der Waals surface area contributed by atoms with Gasteiger partial charge in [0.1, 0.15) is 0 Å². The van der Waals surface area contributed by atoms with Gasteiger partial charge in [0.05, 0.1) is 0 Å². The SMILES string of the molecule is Nc1nc(N)nc(C(F)(F)C(F)(F)C(F)(F)C(F)(F)C(F)(F)C(F)(F)C(F)(F)C(F)(F)F)n1. The van der Waals surface area contributed by atoms with E-state index in [0.717, 1.165) is 0 Å². The maximum absolute atomic E-state index is 13.8. The second-order valence-electron chi connectivity index (χ2n) is 5.89. The van der Waals surface area contributed by atoms with Gasteiger partial charge in [-0.25, -0.2) is 0 Å². The number of nitrogens with two attached hydrogens (primary N) is 2. The van der Waals surface area contributed by atoms with Crippen LogP contribution in [-0.2, 0) is 5.92 Å². The first-order valence-corrected chi connectivity index (χ1v) is 7.13. The first kappa shape index (κ1) is 28.5. The van der Waals surface area contributed by atoms with Crippen LogP contribution >= 0.6 is 0 Å². The van der Waals surface area contributed by atoms with E-state index in [-0.39, 0.29) is 0 Å². The van der Waals surface area contributed by atoms with Crippen molar-refractivity contribution in [1.29, 1.82) is 0 Å². The minimum Gasteiger partial charge on any atom is -0.368 e. The van der Waals surface area contributed by atoms with E-state index < -0.39 is 65.4 Å². The summed E-state index contributed by atoms with van der Waals surface area (Å²) in [6.45, 7) is 0. The van der Waals surface area contributed by atoms with Gasteiger partial charge in [0.15, 0.2) is 0 Å². The number of rotatable bonds is 7. The van der Waals surface area contributed by atoms with Gasteiger partial charge in [-0.05, 0) is 0 Å². The number of aromatic nitrogens is 3. The lowest BCUT2D eigenvalue weighted by Crippen LogP contribution is -2.74. The summed E-state index contributed by atoms with van der Waals surface area (Å²) in [6.07, 6.45) is -7.82. The van der Waals surface area contributed by atoms with Gasteiger partial charge in [-0.1, -0.05) is 0 Å². The zero-order valence-corrected chi connectivity index (χ0v) is 14.4. The van der Waals surface area contributed by atoms with Gasteiger partial charge >= 0.3 is 47.6 Å². The predicted octanol–water partition coefficient (Wildman–Crippen LogP) is 4.50. The number of anilines is 2. The summed E-state index contributed by atoms with van der Waals surface area (Å²) in [6, 6.07) is 0. The molecule has 0 aromatic carbocycles. The van der Waals surface area contributed by atoms with Crippen molar-refractivity contribution in [1.82, 2.24) is 15.0 Å². The zero-order chi connectivity index (χ0) is 26.9. The van der Waals surface area contributed by atoms with Crippen LogP contribution in [0.4, 0.5) is 86.5 Å². The largest absolute Gasteiger partial charge is 0.460 e. The van der Waals surface area contributed by atoms with Crippen molar-refractivity contribution in [2.24, 2.45) is 0 Å². The Hall–Kier alpha value is -2.58. The molecule has 0 atom stereocenters. The van der Waals surface area contributed by atoms with Crippen LogP contribution < -0.4 is 11.5 Å². The van der Waals surface area contributed by atoms with Crippen LogP contribution in [0.1, 0.15) is 5.82 Å². The lowest BCUT2D eigenvalue weighted by Gasteiger charge is -2.42. The van der Waals surface area contributed by atoms with Crippen LogP contribution in [0.25, 0.3) is 0 Å². The van der Waals surface area contributed by atoms with Gasteiger partial charge in [0, 0.05) is 0 Å². The summed E-state index contributed by atoms with van der Waals surface area (Å²) in [5, 5.41) is 0. The van der Waals surface area contributed by atoms with Gasteiger partial charge in [0.2, 0.25) is 17.7 Å². The number of hydrogen-bond acceptors (Lipinski definition) is 5. The molecule has 1 aromatic heterocycles. The fourth-order valence-electron chi connectivity index (χ4n) is 1.85. The number of halogens is 17. The molecule has 0 fully saturated rings. The Morgan fingerprint density at radius 3 is 0.970 bits per heavy atom. The molecule has 22 heteroatoms. The average molecular weight is 529 g/mol. The van der Waals surface area contributed by atoms with Gasteiger partial charge in [-0.2, -0.15) is 89.6 Å². The predicted molar refractivity (Wildman–Crippen MR) is 68.3 cm³/mol. The fourth-order valence-corrected chi connectivity index (χ4v) is 1.85. The van der Waals surface area contributed by atoms with E-state index in [1.54, 1.807) is 0 Å². The lowest BCUT2D eigenvalue weighted by atomic mass is 9.89. The number of nitrogen functional groups attached to an aromatic ring is 2. The van der Waals surface area contributed by atoms with E-state index >= 15 is 0 Å². The van der Waals surface area contributed by atoms with Crippen LogP contribution in [0.5, 0.6) is 0 Å². The molecule has 0 amide bonds. The second-order valence-corrected chi connectivity index (χ2v) is 5.89. The third-order valence-corrected chi connectivity index (χ3v) is 3.67. The zero-order valence-electron chi connectivity index (χ0n) is 14.4. The molecule has 5 nitrogen and oxygen atoms in total. The molecule has 0 aliphatic rings. The molecule has 1 rings (SSSR count). The molecule has 4 N–H and O–H groups in total. The van der Waals surface area contributed by atoms with E-state index in [9.17, 15) is 74.6 Å². The molecule has 0 bridgehead atoms. The molecule has 1 aromatic rings. The van der Waals surface area contributed by atoms with Gasteiger partial charge in [-0.15, -0.1) is 0 Å². The van der Waals surface area contributed by atoms with Crippen LogP contribution in [0.15, 0.2) is 0 Å². The van der Waals surface area contributed by atoms with E-state index in [2.05, 4.69) is 26.4 Å². The Bertz CT molecular complexity index is 872. The average Bonchev–Trinajstić information content (AvgIpc) is 2.58. The van der Waals surface area contributed by atoms with Crippen molar-refractivity contribution in [3.63, 3.8) is 0 Å². The van der Waals surface area contributed by atoms with Crippen molar-refractivity contribution in [3.05, 3.63) is 5.82 Å². The first-order chi connectivity index (χ1) is 14.1. The van der Waals surface area contributed by atoms with Crippen LogP contribution in [-0.4, -0.2) is 56.7 Å². The third kappa shape index (κ3) is 3.60. The molecule has 33 heavy (non-hydrogen) atoms. The highest BCUT2D eigenvalue weighted by Gasteiger charge is 2.95. The molecule has 192 valence electrons. The van der Waals surface area contributed by atoms with Gasteiger partial charge < -0.3 is 11.5 Å². The molecule has 0 radical (unpaired) electrons. The summed E-state index contributed by atoms with van der Waals surface area (Å²) in [4.78, 5) is 6.90. The molecular weight excluding hydrogens is 525 g/mol. The summed E-state index contributed by atoms with van der Waals surface area (Å²) < 4.78 is 223. The third-order valence-electron chi connectivity index (χ3n) is 3.67. The molecular formula is C11H4F17N5. The van der Waals surface area contributed by atoms with E-state index in [1.807, 2.05) is 0 Å². The van der Waals surface area contributed by atoms with Crippen molar-refractivity contribution < 1.29 is 74.6 Å². The molecule has 1 heterocycles. The van der Waals surface area contributed by atoms with Gasteiger partial charge in [-0.3, -0.25) is 0 Å². The molecule has 0 unspecified atom stereocenters. The highest BCUT2D eigenvalue weighted by atomic mass is 19.4. The molecule has 0 aliphatic carbocycles. The van der Waals surface area contributed by atoms with Crippen molar-refractivity contribution >= 4 is 11.9 Å². The Labute approximate surface area is 168 Å². The number of hydrogen-bond donors (Lipinski definition) is 2. The van der Waals surface area contributed by atoms with Crippen molar-refractivity contribution in [3.8, 4) is 0 Å². The minimum atomic E-state index is -8.72. The van der Waals surface area contributed by atoms with Crippen LogP contribution in [0, 0.1) is 0 Å². The smallest absolute Gasteiger partial charge is 0.368 e. The topological polar surface area (TPSA) is 90.7 Å². The minimum absolute atomic E-state index is 1.57. The normalized spacial score (nSPS) is 15.7. The Balaban J connectivity index is 3.76. The summed E-state index contributed by atoms with van der Waals surface area (Å²) >= 11 is 0.